The Morgan fingerprint density at radius 3 is 2.78 bits per heavy atom. The monoisotopic (exact) mass is 350 g/mol. The maximum Gasteiger partial charge on any atom is 0.149 e. The fourth-order valence-corrected chi connectivity index (χ4v) is 2.92. The van der Waals surface area contributed by atoms with Gasteiger partial charge in [0.1, 0.15) is 23.4 Å². The zero-order valence-corrected chi connectivity index (χ0v) is 14.5. The predicted molar refractivity (Wildman–Crippen MR) is 103 cm³/mol. The molecule has 0 fully saturated rings. The molecule has 0 spiro atoms. The number of hydrogen-bond acceptors (Lipinski definition) is 4. The lowest BCUT2D eigenvalue weighted by Gasteiger charge is -1.99. The fraction of sp³-hybridized carbons (Fsp3) is 0.0455. The van der Waals surface area contributed by atoms with Crippen LogP contribution in [0.15, 0.2) is 59.0 Å². The zero-order valence-electron chi connectivity index (χ0n) is 14.5. The molecule has 1 N–H and O–H groups in total. The lowest BCUT2D eigenvalue weighted by Crippen LogP contribution is -1.84. The van der Waals surface area contributed by atoms with Crippen LogP contribution in [0, 0.1) is 29.6 Å². The van der Waals surface area contributed by atoms with Crippen molar-refractivity contribution in [3.63, 3.8) is 0 Å². The van der Waals surface area contributed by atoms with E-state index in [-0.39, 0.29) is 0 Å². The lowest BCUT2D eigenvalue weighted by molar-refractivity contribution is 0.572. The van der Waals surface area contributed by atoms with E-state index in [1.165, 1.54) is 0 Å². The first-order valence-electron chi connectivity index (χ1n) is 8.36. The van der Waals surface area contributed by atoms with Crippen molar-refractivity contribution < 1.29 is 4.42 Å². The number of nitriles is 2. The Morgan fingerprint density at radius 2 is 1.96 bits per heavy atom. The quantitative estimate of drug-likeness (QED) is 0.523. The third-order valence-electron chi connectivity index (χ3n) is 4.24. The van der Waals surface area contributed by atoms with Gasteiger partial charge in [0.15, 0.2) is 0 Å². The first kappa shape index (κ1) is 16.4. The average molecular weight is 350 g/mol. The Balaban J connectivity index is 1.72. The largest absolute Gasteiger partial charge is 0.457 e. The van der Waals surface area contributed by atoms with E-state index >= 15 is 0 Å². The second-order valence-electron chi connectivity index (χ2n) is 6.14. The molecule has 4 rings (SSSR count). The Bertz CT molecular complexity index is 1260. The van der Waals surface area contributed by atoms with E-state index in [4.69, 9.17) is 4.42 Å². The molecule has 0 atom stereocenters. The third kappa shape index (κ3) is 3.10. The van der Waals surface area contributed by atoms with Gasteiger partial charge in [0.2, 0.25) is 0 Å². The number of benzene rings is 2. The number of aromatic amines is 1. The first-order chi connectivity index (χ1) is 13.2. The summed E-state index contributed by atoms with van der Waals surface area (Å²) < 4.78 is 5.84. The fourth-order valence-electron chi connectivity index (χ4n) is 2.92. The molecular formula is C22H14N4O. The Morgan fingerprint density at radius 1 is 1.11 bits per heavy atom. The number of H-pyrrole nitrogens is 1. The Hall–Kier alpha value is -4.09. The number of aryl methyl sites for hydroxylation is 1. The van der Waals surface area contributed by atoms with Gasteiger partial charge >= 0.3 is 0 Å². The van der Waals surface area contributed by atoms with Crippen molar-refractivity contribution in [3.05, 3.63) is 77.3 Å². The number of nitrogens with one attached hydrogen (secondary N) is 1. The van der Waals surface area contributed by atoms with Crippen LogP contribution in [0.3, 0.4) is 0 Å². The molecule has 0 aliphatic rings. The maximum absolute atomic E-state index is 9.56. The van der Waals surface area contributed by atoms with Gasteiger partial charge in [-0.25, -0.2) is 4.98 Å². The normalized spacial score (nSPS) is 11.3. The second kappa shape index (κ2) is 6.67. The summed E-state index contributed by atoms with van der Waals surface area (Å²) in [5.74, 6) is 1.59. The molecule has 0 aliphatic carbocycles. The van der Waals surface area contributed by atoms with Crippen molar-refractivity contribution in [2.75, 3.05) is 0 Å². The standard InChI is InChI=1S/C22H14N4O/c1-14-6-8-19-20(10-14)26-22(25-19)16(13-24)11-17-7-9-21(27-17)18-5-3-2-4-15(18)12-23/h2-11H,1H3,(H,25,26)/b16-11-. The summed E-state index contributed by atoms with van der Waals surface area (Å²) in [5, 5.41) is 18.8. The summed E-state index contributed by atoms with van der Waals surface area (Å²) in [6, 6.07) is 21.0. The lowest BCUT2D eigenvalue weighted by atomic mass is 10.1. The highest BCUT2D eigenvalue weighted by molar-refractivity contribution is 5.89. The SMILES string of the molecule is Cc1ccc2nc(/C(C#N)=C\c3ccc(-c4ccccc4C#N)o3)[nH]c2c1. The van der Waals surface area contributed by atoms with E-state index in [0.29, 0.717) is 28.5 Å². The number of imidazole rings is 1. The van der Waals surface area contributed by atoms with E-state index in [0.717, 1.165) is 22.2 Å². The van der Waals surface area contributed by atoms with E-state index in [9.17, 15) is 10.5 Å². The van der Waals surface area contributed by atoms with Gasteiger partial charge in [0, 0.05) is 11.6 Å². The summed E-state index contributed by atoms with van der Waals surface area (Å²) in [7, 11) is 0. The maximum atomic E-state index is 9.56. The number of furan rings is 1. The van der Waals surface area contributed by atoms with Crippen LogP contribution in [0.5, 0.6) is 0 Å². The molecule has 27 heavy (non-hydrogen) atoms. The van der Waals surface area contributed by atoms with Gasteiger partial charge in [-0.15, -0.1) is 0 Å². The highest BCUT2D eigenvalue weighted by atomic mass is 16.3. The van der Waals surface area contributed by atoms with Crippen molar-refractivity contribution in [2.24, 2.45) is 0 Å². The van der Waals surface area contributed by atoms with Crippen molar-refractivity contribution in [3.8, 4) is 23.5 Å². The molecule has 5 nitrogen and oxygen atoms in total. The molecule has 5 heteroatoms. The molecule has 4 aromatic rings. The molecule has 2 heterocycles. The van der Waals surface area contributed by atoms with Crippen molar-refractivity contribution in [1.82, 2.24) is 9.97 Å². The molecule has 0 amide bonds. The molecule has 0 unspecified atom stereocenters. The topological polar surface area (TPSA) is 89.4 Å². The van der Waals surface area contributed by atoms with E-state index < -0.39 is 0 Å². The van der Waals surface area contributed by atoms with Gasteiger partial charge in [-0.3, -0.25) is 0 Å². The van der Waals surface area contributed by atoms with Gasteiger partial charge in [-0.2, -0.15) is 10.5 Å². The summed E-state index contributed by atoms with van der Waals surface area (Å²) in [4.78, 5) is 7.66. The van der Waals surface area contributed by atoms with Gasteiger partial charge in [0.25, 0.3) is 0 Å². The van der Waals surface area contributed by atoms with Crippen molar-refractivity contribution >= 4 is 22.7 Å². The van der Waals surface area contributed by atoms with Crippen LogP contribution in [-0.4, -0.2) is 9.97 Å². The highest BCUT2D eigenvalue weighted by Crippen LogP contribution is 2.27. The van der Waals surface area contributed by atoms with Crippen molar-refractivity contribution in [2.45, 2.75) is 6.92 Å². The van der Waals surface area contributed by atoms with Crippen LogP contribution in [0.4, 0.5) is 0 Å². The minimum absolute atomic E-state index is 0.373. The van der Waals surface area contributed by atoms with E-state index in [2.05, 4.69) is 22.1 Å². The minimum Gasteiger partial charge on any atom is -0.457 e. The number of allylic oxidation sites excluding steroid dienone is 1. The molecule has 0 aliphatic heterocycles. The third-order valence-corrected chi connectivity index (χ3v) is 4.24. The molecule has 2 aromatic carbocycles. The number of hydrogen-bond donors (Lipinski definition) is 1. The first-order valence-corrected chi connectivity index (χ1v) is 8.36. The molecule has 0 bridgehead atoms. The van der Waals surface area contributed by atoms with Gasteiger partial charge in [-0.05, 0) is 48.9 Å². The summed E-state index contributed by atoms with van der Waals surface area (Å²) >= 11 is 0. The second-order valence-corrected chi connectivity index (χ2v) is 6.14. The van der Waals surface area contributed by atoms with Gasteiger partial charge in [-0.1, -0.05) is 18.2 Å². The Labute approximate surface area is 155 Å². The molecule has 0 radical (unpaired) electrons. The summed E-state index contributed by atoms with van der Waals surface area (Å²) in [5.41, 5.74) is 4.44. The van der Waals surface area contributed by atoms with E-state index in [1.54, 1.807) is 24.3 Å². The highest BCUT2D eigenvalue weighted by Gasteiger charge is 2.11. The zero-order chi connectivity index (χ0) is 18.8. The average Bonchev–Trinajstić information content (AvgIpc) is 3.32. The van der Waals surface area contributed by atoms with Crippen LogP contribution in [0.1, 0.15) is 22.7 Å². The summed E-state index contributed by atoms with van der Waals surface area (Å²) in [6.45, 7) is 2.00. The number of aromatic nitrogens is 2. The van der Waals surface area contributed by atoms with Gasteiger partial charge < -0.3 is 9.40 Å². The van der Waals surface area contributed by atoms with Gasteiger partial charge in [0.05, 0.1) is 28.2 Å². The molecule has 0 saturated heterocycles. The van der Waals surface area contributed by atoms with Crippen molar-refractivity contribution in [1.29, 1.82) is 10.5 Å². The van der Waals surface area contributed by atoms with Crippen LogP contribution in [0.25, 0.3) is 34.0 Å². The number of fused-ring (bicyclic) bond motifs is 1. The minimum atomic E-state index is 0.373. The molecular weight excluding hydrogens is 336 g/mol. The molecule has 0 saturated carbocycles. The Kier molecular flexibility index (Phi) is 4.04. The molecule has 2 aromatic heterocycles. The van der Waals surface area contributed by atoms with Crippen LogP contribution in [-0.2, 0) is 0 Å². The summed E-state index contributed by atoms with van der Waals surface area (Å²) in [6.07, 6.45) is 1.64. The predicted octanol–water partition coefficient (Wildman–Crippen LogP) is 5.07. The smallest absolute Gasteiger partial charge is 0.149 e. The number of nitrogens with zero attached hydrogens (tertiary/aromatic N) is 3. The molecule has 128 valence electrons. The van der Waals surface area contributed by atoms with Crippen LogP contribution in [0.2, 0.25) is 0 Å². The van der Waals surface area contributed by atoms with E-state index in [1.807, 2.05) is 43.3 Å². The van der Waals surface area contributed by atoms with Crippen LogP contribution >= 0.6 is 0 Å². The van der Waals surface area contributed by atoms with Crippen LogP contribution < -0.4 is 0 Å². The number of rotatable bonds is 3.